The monoisotopic (exact) mass is 373 g/mol. The molecule has 23 heavy (non-hydrogen) atoms. The molecule has 2 aromatic rings. The minimum Gasteiger partial charge on any atom is -0.491 e. The van der Waals surface area contributed by atoms with Gasteiger partial charge in [-0.1, -0.05) is 35.3 Å². The van der Waals surface area contributed by atoms with E-state index in [0.29, 0.717) is 43.0 Å². The molecule has 0 unspecified atom stereocenters. The normalized spacial score (nSPS) is 11.0. The van der Waals surface area contributed by atoms with Gasteiger partial charge in [0.25, 0.3) is 0 Å². The van der Waals surface area contributed by atoms with Crippen molar-refractivity contribution in [3.8, 4) is 5.75 Å². The molecule has 0 amide bonds. The molecule has 0 radical (unpaired) electrons. The SMILES string of the molecule is CCOCCOc1cc(C)ccc1CNCc1scc(Cl)c1Cl. The molecule has 0 aliphatic carbocycles. The number of thiophene rings is 1. The molecule has 2 rings (SSSR count). The van der Waals surface area contributed by atoms with Crippen molar-refractivity contribution in [1.82, 2.24) is 5.32 Å². The Labute approximate surface area is 151 Å². The Kier molecular flexibility index (Phi) is 7.66. The largest absolute Gasteiger partial charge is 0.491 e. The first kappa shape index (κ1) is 18.6. The fourth-order valence-electron chi connectivity index (χ4n) is 2.09. The summed E-state index contributed by atoms with van der Waals surface area (Å²) >= 11 is 13.7. The molecule has 3 nitrogen and oxygen atoms in total. The number of hydrogen-bond acceptors (Lipinski definition) is 4. The second-order valence-corrected chi connectivity index (χ2v) is 6.83. The van der Waals surface area contributed by atoms with Crippen LogP contribution in [0.2, 0.25) is 10.0 Å². The molecule has 0 fully saturated rings. The number of halogens is 2. The van der Waals surface area contributed by atoms with Crippen LogP contribution in [0.5, 0.6) is 5.75 Å². The third-order valence-electron chi connectivity index (χ3n) is 3.27. The summed E-state index contributed by atoms with van der Waals surface area (Å²) < 4.78 is 11.2. The van der Waals surface area contributed by atoms with Gasteiger partial charge in [-0.3, -0.25) is 0 Å². The van der Waals surface area contributed by atoms with E-state index in [4.69, 9.17) is 32.7 Å². The van der Waals surface area contributed by atoms with Crippen LogP contribution in [0.3, 0.4) is 0 Å². The summed E-state index contributed by atoms with van der Waals surface area (Å²) in [6.07, 6.45) is 0. The van der Waals surface area contributed by atoms with Gasteiger partial charge in [-0.25, -0.2) is 0 Å². The molecule has 1 aromatic carbocycles. The minimum atomic E-state index is 0.552. The van der Waals surface area contributed by atoms with E-state index < -0.39 is 0 Å². The van der Waals surface area contributed by atoms with Crippen LogP contribution in [0.4, 0.5) is 0 Å². The van der Waals surface area contributed by atoms with Gasteiger partial charge in [-0.2, -0.15) is 0 Å². The van der Waals surface area contributed by atoms with Gasteiger partial charge in [0.1, 0.15) is 12.4 Å². The van der Waals surface area contributed by atoms with Gasteiger partial charge in [-0.15, -0.1) is 11.3 Å². The second kappa shape index (κ2) is 9.50. The van der Waals surface area contributed by atoms with Crippen molar-refractivity contribution in [2.24, 2.45) is 0 Å². The van der Waals surface area contributed by atoms with Crippen molar-refractivity contribution < 1.29 is 9.47 Å². The summed E-state index contributed by atoms with van der Waals surface area (Å²) in [7, 11) is 0. The highest BCUT2D eigenvalue weighted by molar-refractivity contribution is 7.11. The predicted molar refractivity (Wildman–Crippen MR) is 98.0 cm³/mol. The third kappa shape index (κ3) is 5.66. The smallest absolute Gasteiger partial charge is 0.124 e. The first-order valence-corrected chi connectivity index (χ1v) is 9.17. The number of ether oxygens (including phenoxy) is 2. The first-order valence-electron chi connectivity index (χ1n) is 7.54. The Morgan fingerprint density at radius 3 is 2.70 bits per heavy atom. The van der Waals surface area contributed by atoms with Gasteiger partial charge in [0.2, 0.25) is 0 Å². The van der Waals surface area contributed by atoms with Crippen molar-refractivity contribution in [3.63, 3.8) is 0 Å². The highest BCUT2D eigenvalue weighted by Crippen LogP contribution is 2.31. The Balaban J connectivity index is 1.91. The zero-order valence-corrected chi connectivity index (χ0v) is 15.7. The Morgan fingerprint density at radius 2 is 2.00 bits per heavy atom. The van der Waals surface area contributed by atoms with E-state index in [9.17, 15) is 0 Å². The molecule has 1 heterocycles. The molecule has 0 atom stereocenters. The van der Waals surface area contributed by atoms with Gasteiger partial charge >= 0.3 is 0 Å². The highest BCUT2D eigenvalue weighted by Gasteiger charge is 2.09. The molecule has 0 aliphatic heterocycles. The van der Waals surface area contributed by atoms with Crippen molar-refractivity contribution in [2.45, 2.75) is 26.9 Å². The van der Waals surface area contributed by atoms with E-state index in [1.54, 1.807) is 11.3 Å². The van der Waals surface area contributed by atoms with E-state index in [1.165, 1.54) is 5.56 Å². The number of benzene rings is 1. The lowest BCUT2D eigenvalue weighted by Crippen LogP contribution is -2.14. The van der Waals surface area contributed by atoms with Crippen molar-refractivity contribution in [1.29, 1.82) is 0 Å². The summed E-state index contributed by atoms with van der Waals surface area (Å²) in [5, 5.41) is 6.50. The second-order valence-electron chi connectivity index (χ2n) is 5.08. The maximum Gasteiger partial charge on any atom is 0.124 e. The van der Waals surface area contributed by atoms with Gasteiger partial charge < -0.3 is 14.8 Å². The summed E-state index contributed by atoms with van der Waals surface area (Å²) in [6, 6.07) is 6.22. The Hall–Kier alpha value is -0.780. The van der Waals surface area contributed by atoms with Crippen LogP contribution in [0, 0.1) is 6.92 Å². The van der Waals surface area contributed by atoms with Crippen molar-refractivity contribution in [2.75, 3.05) is 19.8 Å². The molecule has 0 bridgehead atoms. The number of hydrogen-bond donors (Lipinski definition) is 1. The number of nitrogens with one attached hydrogen (secondary N) is 1. The van der Waals surface area contributed by atoms with E-state index in [1.807, 2.05) is 12.3 Å². The van der Waals surface area contributed by atoms with E-state index in [2.05, 4.69) is 30.4 Å². The molecule has 1 N–H and O–H groups in total. The summed E-state index contributed by atoms with van der Waals surface area (Å²) in [4.78, 5) is 1.04. The predicted octanol–water partition coefficient (Wildman–Crippen LogP) is 5.07. The van der Waals surface area contributed by atoms with Crippen LogP contribution in [0.15, 0.2) is 23.6 Å². The molecule has 1 aromatic heterocycles. The lowest BCUT2D eigenvalue weighted by Gasteiger charge is -2.13. The molecule has 126 valence electrons. The van der Waals surface area contributed by atoms with Crippen LogP contribution in [0.1, 0.15) is 22.9 Å². The topological polar surface area (TPSA) is 30.5 Å². The van der Waals surface area contributed by atoms with Crippen LogP contribution < -0.4 is 10.1 Å². The van der Waals surface area contributed by atoms with Crippen LogP contribution in [-0.2, 0) is 17.8 Å². The van der Waals surface area contributed by atoms with E-state index >= 15 is 0 Å². The first-order chi connectivity index (χ1) is 11.1. The van der Waals surface area contributed by atoms with E-state index in [-0.39, 0.29) is 0 Å². The minimum absolute atomic E-state index is 0.552. The zero-order chi connectivity index (χ0) is 16.7. The molecule has 0 spiro atoms. The average molecular weight is 374 g/mol. The lowest BCUT2D eigenvalue weighted by atomic mass is 10.1. The standard InChI is InChI=1S/C17H21Cl2NO2S/c1-3-21-6-7-22-15-8-12(2)4-5-13(15)9-20-10-16-17(19)14(18)11-23-16/h4-5,8,11,20H,3,6-7,9-10H2,1-2H3. The molecule has 6 heteroatoms. The average Bonchev–Trinajstić information content (AvgIpc) is 2.85. The Bertz CT molecular complexity index is 631. The van der Waals surface area contributed by atoms with Gasteiger partial charge in [0, 0.05) is 35.5 Å². The highest BCUT2D eigenvalue weighted by atomic mass is 35.5. The van der Waals surface area contributed by atoms with E-state index in [0.717, 1.165) is 16.2 Å². The van der Waals surface area contributed by atoms with Crippen molar-refractivity contribution >= 4 is 34.5 Å². The molecular weight excluding hydrogens is 353 g/mol. The number of aryl methyl sites for hydroxylation is 1. The third-order valence-corrected chi connectivity index (χ3v) is 5.33. The number of rotatable bonds is 9. The summed E-state index contributed by atoms with van der Waals surface area (Å²) in [5.41, 5.74) is 2.29. The van der Waals surface area contributed by atoms with Gasteiger partial charge in [0.15, 0.2) is 0 Å². The summed E-state index contributed by atoms with van der Waals surface area (Å²) in [6.45, 7) is 7.27. The zero-order valence-electron chi connectivity index (χ0n) is 13.3. The van der Waals surface area contributed by atoms with Crippen LogP contribution in [0.25, 0.3) is 0 Å². The van der Waals surface area contributed by atoms with Crippen molar-refractivity contribution in [3.05, 3.63) is 49.6 Å². The molecule has 0 saturated carbocycles. The van der Waals surface area contributed by atoms with Crippen LogP contribution in [-0.4, -0.2) is 19.8 Å². The fourth-order valence-corrected chi connectivity index (χ4v) is 3.47. The van der Waals surface area contributed by atoms with Crippen LogP contribution >= 0.6 is 34.5 Å². The fraction of sp³-hybridized carbons (Fsp3) is 0.412. The summed E-state index contributed by atoms with van der Waals surface area (Å²) in [5.74, 6) is 0.896. The quantitative estimate of drug-likeness (QED) is 0.622. The van der Waals surface area contributed by atoms with Gasteiger partial charge in [-0.05, 0) is 25.5 Å². The lowest BCUT2D eigenvalue weighted by molar-refractivity contribution is 0.110. The maximum absolute atomic E-state index is 6.14. The van der Waals surface area contributed by atoms with Gasteiger partial charge in [0.05, 0.1) is 16.7 Å². The molecule has 0 saturated heterocycles. The molecular formula is C17H21Cl2NO2S. The Morgan fingerprint density at radius 1 is 1.17 bits per heavy atom. The molecule has 0 aliphatic rings. The maximum atomic E-state index is 6.14.